The molecule has 0 radical (unpaired) electrons. The number of benzene rings is 2. The lowest BCUT2D eigenvalue weighted by molar-refractivity contribution is 0.112. The molecule has 18 heavy (non-hydrogen) atoms. The topological polar surface area (TPSA) is 17.1 Å². The summed E-state index contributed by atoms with van der Waals surface area (Å²) in [5.74, 6) is -2.11. The van der Waals surface area contributed by atoms with Crippen LogP contribution in [0.25, 0.3) is 11.1 Å². The van der Waals surface area contributed by atoms with Crippen molar-refractivity contribution in [3.63, 3.8) is 0 Å². The van der Waals surface area contributed by atoms with Crippen molar-refractivity contribution in [2.45, 2.75) is 0 Å². The third kappa shape index (κ3) is 2.52. The number of rotatable bonds is 2. The quantitative estimate of drug-likeness (QED) is 0.728. The van der Waals surface area contributed by atoms with E-state index in [0.717, 1.165) is 12.1 Å². The van der Waals surface area contributed by atoms with Crippen LogP contribution in [0.4, 0.5) is 8.78 Å². The van der Waals surface area contributed by atoms with Gasteiger partial charge in [0, 0.05) is 15.6 Å². The normalized spacial score (nSPS) is 10.4. The largest absolute Gasteiger partial charge is 0.298 e. The van der Waals surface area contributed by atoms with Gasteiger partial charge in [-0.25, -0.2) is 8.78 Å². The first-order valence-corrected chi connectivity index (χ1v) is 5.67. The van der Waals surface area contributed by atoms with Crippen molar-refractivity contribution >= 4 is 29.5 Å². The molecular formula is C13H6Cl2F2O. The van der Waals surface area contributed by atoms with Gasteiger partial charge in [-0.3, -0.25) is 4.79 Å². The fourth-order valence-corrected chi connectivity index (χ4v) is 2.15. The number of hydrogen-bond donors (Lipinski definition) is 0. The highest BCUT2D eigenvalue weighted by Gasteiger charge is 2.12. The van der Waals surface area contributed by atoms with Gasteiger partial charge < -0.3 is 0 Å². The van der Waals surface area contributed by atoms with Crippen LogP contribution in [0.1, 0.15) is 10.4 Å². The fraction of sp³-hybridized carbons (Fsp3) is 0. The number of hydrogen-bond acceptors (Lipinski definition) is 1. The van der Waals surface area contributed by atoms with E-state index in [0.29, 0.717) is 21.9 Å². The second-order valence-corrected chi connectivity index (χ2v) is 4.50. The Morgan fingerprint density at radius 1 is 0.889 bits per heavy atom. The zero-order valence-electron chi connectivity index (χ0n) is 8.88. The third-order valence-electron chi connectivity index (χ3n) is 2.39. The van der Waals surface area contributed by atoms with Crippen molar-refractivity contribution in [2.24, 2.45) is 0 Å². The summed E-state index contributed by atoms with van der Waals surface area (Å²) in [6.07, 6.45) is 0.451. The summed E-state index contributed by atoms with van der Waals surface area (Å²) in [4.78, 5) is 10.9. The summed E-state index contributed by atoms with van der Waals surface area (Å²) in [6, 6.07) is 6.33. The Bertz CT molecular complexity index is 606. The molecule has 0 aliphatic heterocycles. The van der Waals surface area contributed by atoms with Crippen LogP contribution >= 0.6 is 23.2 Å². The molecule has 0 fully saturated rings. The smallest absolute Gasteiger partial charge is 0.159 e. The summed E-state index contributed by atoms with van der Waals surface area (Å²) >= 11 is 11.7. The van der Waals surface area contributed by atoms with Gasteiger partial charge in [0.05, 0.1) is 0 Å². The maximum absolute atomic E-state index is 13.2. The van der Waals surface area contributed by atoms with Crippen molar-refractivity contribution < 1.29 is 13.6 Å². The van der Waals surface area contributed by atoms with Crippen LogP contribution in [0.5, 0.6) is 0 Å². The van der Waals surface area contributed by atoms with Gasteiger partial charge in [-0.15, -0.1) is 0 Å². The summed E-state index contributed by atoms with van der Waals surface area (Å²) in [6.45, 7) is 0. The van der Waals surface area contributed by atoms with E-state index in [4.69, 9.17) is 23.2 Å². The van der Waals surface area contributed by atoms with Gasteiger partial charge in [0.25, 0.3) is 0 Å². The summed E-state index contributed by atoms with van der Waals surface area (Å²) in [7, 11) is 0. The summed E-state index contributed by atoms with van der Waals surface area (Å²) in [5, 5.41) is 0.693. The average Bonchev–Trinajstić information content (AvgIpc) is 2.30. The van der Waals surface area contributed by atoms with Crippen LogP contribution in [0.2, 0.25) is 10.0 Å². The number of carbonyl (C=O) groups is 1. The minimum Gasteiger partial charge on any atom is -0.298 e. The lowest BCUT2D eigenvalue weighted by atomic mass is 10.00. The Hall–Kier alpha value is -1.45. The van der Waals surface area contributed by atoms with E-state index in [1.807, 2.05) is 0 Å². The fourth-order valence-electron chi connectivity index (χ4n) is 1.62. The molecule has 0 unspecified atom stereocenters. The first kappa shape index (κ1) is 13.0. The van der Waals surface area contributed by atoms with E-state index in [2.05, 4.69) is 0 Å². The Kier molecular flexibility index (Phi) is 3.64. The molecule has 0 aromatic heterocycles. The first-order valence-electron chi connectivity index (χ1n) is 4.92. The molecule has 1 nitrogen and oxygen atoms in total. The number of halogens is 4. The van der Waals surface area contributed by atoms with Gasteiger partial charge >= 0.3 is 0 Å². The predicted octanol–water partition coefficient (Wildman–Crippen LogP) is 4.75. The van der Waals surface area contributed by atoms with Crippen LogP contribution in [0, 0.1) is 11.6 Å². The highest BCUT2D eigenvalue weighted by molar-refractivity contribution is 6.35. The molecule has 0 N–H and O–H groups in total. The van der Waals surface area contributed by atoms with Crippen LogP contribution in [-0.2, 0) is 0 Å². The SMILES string of the molecule is O=Cc1cc(F)c(F)cc1-c1cc(Cl)cc(Cl)c1. The van der Waals surface area contributed by atoms with Crippen molar-refractivity contribution in [1.82, 2.24) is 0 Å². The van der Waals surface area contributed by atoms with Crippen LogP contribution in [-0.4, -0.2) is 6.29 Å². The second kappa shape index (κ2) is 5.04. The standard InChI is InChI=1S/C13H6Cl2F2O/c14-9-1-7(2-10(15)4-9)11-5-13(17)12(16)3-8(11)6-18/h1-6H. The lowest BCUT2D eigenvalue weighted by Crippen LogP contribution is -1.93. The van der Waals surface area contributed by atoms with Crippen LogP contribution < -0.4 is 0 Å². The minimum absolute atomic E-state index is 0.0345. The molecule has 0 saturated heterocycles. The molecule has 92 valence electrons. The number of aldehydes is 1. The molecule has 0 amide bonds. The second-order valence-electron chi connectivity index (χ2n) is 3.63. The van der Waals surface area contributed by atoms with Gasteiger partial charge in [0.15, 0.2) is 17.9 Å². The lowest BCUT2D eigenvalue weighted by Gasteiger charge is -2.07. The summed E-state index contributed by atoms with van der Waals surface area (Å²) in [5.41, 5.74) is 0.731. The first-order chi connectivity index (χ1) is 8.51. The zero-order valence-corrected chi connectivity index (χ0v) is 10.4. The molecule has 5 heteroatoms. The molecule has 0 saturated carbocycles. The van der Waals surface area contributed by atoms with Crippen LogP contribution in [0.15, 0.2) is 30.3 Å². The van der Waals surface area contributed by atoms with Gasteiger partial charge in [-0.1, -0.05) is 23.2 Å². The molecule has 0 spiro atoms. The molecular weight excluding hydrogens is 281 g/mol. The minimum atomic E-state index is -1.08. The van der Waals surface area contributed by atoms with Gasteiger partial charge in [-0.05, 0) is 41.5 Å². The van der Waals surface area contributed by atoms with Crippen molar-refractivity contribution in [1.29, 1.82) is 0 Å². The van der Waals surface area contributed by atoms with Gasteiger partial charge in [0.2, 0.25) is 0 Å². The molecule has 2 aromatic carbocycles. The zero-order chi connectivity index (χ0) is 13.3. The molecule has 0 atom stereocenters. The molecule has 2 aromatic rings. The van der Waals surface area contributed by atoms with E-state index < -0.39 is 11.6 Å². The Morgan fingerprint density at radius 2 is 1.44 bits per heavy atom. The Balaban J connectivity index is 2.69. The molecule has 0 bridgehead atoms. The van der Waals surface area contributed by atoms with E-state index >= 15 is 0 Å². The van der Waals surface area contributed by atoms with Gasteiger partial charge in [-0.2, -0.15) is 0 Å². The number of carbonyl (C=O) groups excluding carboxylic acids is 1. The van der Waals surface area contributed by atoms with Crippen molar-refractivity contribution in [3.8, 4) is 11.1 Å². The van der Waals surface area contributed by atoms with E-state index in [9.17, 15) is 13.6 Å². The van der Waals surface area contributed by atoms with Crippen molar-refractivity contribution in [2.75, 3.05) is 0 Å². The Labute approximate surface area is 112 Å². The van der Waals surface area contributed by atoms with Gasteiger partial charge in [0.1, 0.15) is 0 Å². The van der Waals surface area contributed by atoms with Crippen molar-refractivity contribution in [3.05, 3.63) is 57.6 Å². The highest BCUT2D eigenvalue weighted by atomic mass is 35.5. The van der Waals surface area contributed by atoms with E-state index in [1.165, 1.54) is 18.2 Å². The molecule has 0 heterocycles. The molecule has 0 aliphatic rings. The monoisotopic (exact) mass is 286 g/mol. The molecule has 0 aliphatic carbocycles. The Morgan fingerprint density at radius 3 is 2.00 bits per heavy atom. The van der Waals surface area contributed by atoms with Crippen LogP contribution in [0.3, 0.4) is 0 Å². The summed E-state index contributed by atoms with van der Waals surface area (Å²) < 4.78 is 26.3. The average molecular weight is 287 g/mol. The maximum Gasteiger partial charge on any atom is 0.159 e. The highest BCUT2D eigenvalue weighted by Crippen LogP contribution is 2.30. The maximum atomic E-state index is 13.2. The molecule has 2 rings (SSSR count). The van der Waals surface area contributed by atoms with E-state index in [-0.39, 0.29) is 11.1 Å². The predicted molar refractivity (Wildman–Crippen MR) is 67.2 cm³/mol. The van der Waals surface area contributed by atoms with E-state index in [1.54, 1.807) is 0 Å². The third-order valence-corrected chi connectivity index (χ3v) is 2.83.